The third-order valence-electron chi connectivity index (χ3n) is 4.01. The van der Waals surface area contributed by atoms with E-state index in [1.54, 1.807) is 12.1 Å². The van der Waals surface area contributed by atoms with Gasteiger partial charge in [0, 0.05) is 23.0 Å². The fraction of sp³-hybridized carbons (Fsp3) is 0.500. The highest BCUT2D eigenvalue weighted by atomic mass is 32.2. The minimum absolute atomic E-state index is 0.0121. The number of hydrogen-bond donors (Lipinski definition) is 2. The molecule has 0 aromatic heterocycles. The van der Waals surface area contributed by atoms with Crippen LogP contribution in [0.4, 0.5) is 5.69 Å². The highest BCUT2D eigenvalue weighted by Gasteiger charge is 2.42. The second-order valence-corrected chi connectivity index (χ2v) is 9.43. The van der Waals surface area contributed by atoms with Crippen molar-refractivity contribution in [2.24, 2.45) is 4.99 Å². The third-order valence-corrected chi connectivity index (χ3v) is 7.15. The predicted molar refractivity (Wildman–Crippen MR) is 98.6 cm³/mol. The standard InChI is InChI=1S/C16H21N3O3S2/c1-2-3-7-17-15(20)11-5-4-6-12(8-11)18-16-19-13-9-24(21,22)10-14(13)23-16/h4-6,8,13-14H,2-3,7,9-10H2,1H3,(H,17,20)(H,18,19)/t13-,14-/m0/s1. The van der Waals surface area contributed by atoms with Gasteiger partial charge in [-0.3, -0.25) is 9.79 Å². The summed E-state index contributed by atoms with van der Waals surface area (Å²) in [4.78, 5) is 16.6. The molecular formula is C16H21N3O3S2. The van der Waals surface area contributed by atoms with E-state index in [1.807, 2.05) is 12.1 Å². The zero-order valence-corrected chi connectivity index (χ0v) is 15.1. The summed E-state index contributed by atoms with van der Waals surface area (Å²) in [6, 6.07) is 7.11. The Hall–Kier alpha value is -1.54. The molecule has 0 spiro atoms. The summed E-state index contributed by atoms with van der Waals surface area (Å²) in [5, 5.41) is 6.83. The number of carbonyl (C=O) groups is 1. The van der Waals surface area contributed by atoms with Crippen molar-refractivity contribution in [2.75, 3.05) is 23.4 Å². The fourth-order valence-corrected chi connectivity index (χ4v) is 6.43. The van der Waals surface area contributed by atoms with Crippen LogP contribution in [-0.2, 0) is 9.84 Å². The minimum Gasteiger partial charge on any atom is -0.352 e. The fourth-order valence-electron chi connectivity index (χ4n) is 2.76. The Morgan fingerprint density at radius 2 is 2.21 bits per heavy atom. The lowest BCUT2D eigenvalue weighted by Crippen LogP contribution is -2.24. The number of hydrogen-bond acceptors (Lipinski definition) is 6. The van der Waals surface area contributed by atoms with Crippen molar-refractivity contribution in [3.8, 4) is 0 Å². The lowest BCUT2D eigenvalue weighted by Gasteiger charge is -2.09. The number of rotatable bonds is 5. The van der Waals surface area contributed by atoms with Gasteiger partial charge in [-0.05, 0) is 24.6 Å². The molecule has 2 atom stereocenters. The van der Waals surface area contributed by atoms with Crippen LogP contribution in [0.15, 0.2) is 29.3 Å². The van der Waals surface area contributed by atoms with Crippen LogP contribution in [0.5, 0.6) is 0 Å². The van der Waals surface area contributed by atoms with Gasteiger partial charge in [0.05, 0.1) is 17.5 Å². The van der Waals surface area contributed by atoms with E-state index in [0.717, 1.165) is 23.7 Å². The number of nitrogens with zero attached hydrogens (tertiary/aromatic N) is 1. The Morgan fingerprint density at radius 3 is 2.96 bits per heavy atom. The number of benzene rings is 1. The lowest BCUT2D eigenvalue weighted by atomic mass is 10.2. The number of unbranched alkanes of at least 4 members (excludes halogenated alkanes) is 1. The van der Waals surface area contributed by atoms with Crippen LogP contribution >= 0.6 is 11.8 Å². The molecule has 0 aliphatic carbocycles. The summed E-state index contributed by atoms with van der Waals surface area (Å²) in [5.41, 5.74) is 1.38. The molecule has 130 valence electrons. The van der Waals surface area contributed by atoms with Gasteiger partial charge in [0.15, 0.2) is 15.0 Å². The predicted octanol–water partition coefficient (Wildman–Crippen LogP) is 1.90. The van der Waals surface area contributed by atoms with Crippen LogP contribution in [-0.4, -0.2) is 48.8 Å². The largest absolute Gasteiger partial charge is 0.352 e. The van der Waals surface area contributed by atoms with Gasteiger partial charge in [0.2, 0.25) is 0 Å². The quantitative estimate of drug-likeness (QED) is 0.776. The van der Waals surface area contributed by atoms with E-state index < -0.39 is 9.84 Å². The molecule has 3 rings (SSSR count). The number of amidine groups is 1. The van der Waals surface area contributed by atoms with Gasteiger partial charge in [-0.25, -0.2) is 8.42 Å². The van der Waals surface area contributed by atoms with Crippen molar-refractivity contribution >= 4 is 38.4 Å². The summed E-state index contributed by atoms with van der Waals surface area (Å²) in [7, 11) is -2.94. The molecule has 1 amide bonds. The lowest BCUT2D eigenvalue weighted by molar-refractivity contribution is 0.0953. The van der Waals surface area contributed by atoms with E-state index in [4.69, 9.17) is 0 Å². The maximum atomic E-state index is 12.1. The molecule has 0 unspecified atom stereocenters. The average Bonchev–Trinajstić information content (AvgIpc) is 3.00. The molecule has 24 heavy (non-hydrogen) atoms. The molecule has 2 aliphatic rings. The molecular weight excluding hydrogens is 346 g/mol. The van der Waals surface area contributed by atoms with Crippen molar-refractivity contribution in [1.82, 2.24) is 5.32 Å². The first-order valence-corrected chi connectivity index (χ1v) is 10.8. The first-order chi connectivity index (χ1) is 11.5. The van der Waals surface area contributed by atoms with Gasteiger partial charge in [-0.1, -0.05) is 31.2 Å². The molecule has 1 saturated heterocycles. The first kappa shape index (κ1) is 17.3. The summed E-state index contributed by atoms with van der Waals surface area (Å²) in [6.45, 7) is 2.75. The second kappa shape index (κ2) is 7.14. The van der Waals surface area contributed by atoms with Gasteiger partial charge in [-0.2, -0.15) is 0 Å². The highest BCUT2D eigenvalue weighted by Crippen LogP contribution is 2.34. The summed E-state index contributed by atoms with van der Waals surface area (Å²) in [5.74, 6) is 0.239. The third kappa shape index (κ3) is 4.10. The van der Waals surface area contributed by atoms with Crippen LogP contribution in [0.2, 0.25) is 0 Å². The zero-order valence-electron chi connectivity index (χ0n) is 13.5. The number of amides is 1. The molecule has 6 nitrogen and oxygen atoms in total. The van der Waals surface area contributed by atoms with Crippen molar-refractivity contribution in [1.29, 1.82) is 0 Å². The molecule has 0 saturated carbocycles. The van der Waals surface area contributed by atoms with E-state index in [-0.39, 0.29) is 28.7 Å². The van der Waals surface area contributed by atoms with Gasteiger partial charge >= 0.3 is 0 Å². The SMILES string of the molecule is CCCCNC(=O)c1cccc(NC2=N[C@H]3CS(=O)(=O)C[C@@H]3S2)c1. The molecule has 8 heteroatoms. The minimum atomic E-state index is -2.94. The van der Waals surface area contributed by atoms with Crippen molar-refractivity contribution < 1.29 is 13.2 Å². The Labute approximate surface area is 146 Å². The normalized spacial score (nSPS) is 24.3. The molecule has 1 aromatic carbocycles. The van der Waals surface area contributed by atoms with Crippen LogP contribution in [0.3, 0.4) is 0 Å². The number of nitrogens with one attached hydrogen (secondary N) is 2. The van der Waals surface area contributed by atoms with E-state index in [9.17, 15) is 13.2 Å². The van der Waals surface area contributed by atoms with Crippen molar-refractivity contribution in [3.63, 3.8) is 0 Å². The van der Waals surface area contributed by atoms with Crippen LogP contribution in [0, 0.1) is 0 Å². The summed E-state index contributed by atoms with van der Waals surface area (Å²) < 4.78 is 23.2. The van der Waals surface area contributed by atoms with Gasteiger partial charge < -0.3 is 10.6 Å². The molecule has 1 fully saturated rings. The zero-order chi connectivity index (χ0) is 17.2. The Morgan fingerprint density at radius 1 is 1.38 bits per heavy atom. The van der Waals surface area contributed by atoms with E-state index >= 15 is 0 Å². The first-order valence-electron chi connectivity index (χ1n) is 8.07. The molecule has 0 bridgehead atoms. The monoisotopic (exact) mass is 367 g/mol. The highest BCUT2D eigenvalue weighted by molar-refractivity contribution is 8.15. The summed E-state index contributed by atoms with van der Waals surface area (Å²) in [6.07, 6.45) is 2.00. The number of anilines is 1. The van der Waals surface area contributed by atoms with Crippen LogP contribution in [0.1, 0.15) is 30.1 Å². The van der Waals surface area contributed by atoms with E-state index in [2.05, 4.69) is 22.5 Å². The van der Waals surface area contributed by atoms with Crippen molar-refractivity contribution in [2.45, 2.75) is 31.1 Å². The average molecular weight is 367 g/mol. The Bertz CT molecular complexity index is 762. The van der Waals surface area contributed by atoms with Crippen LogP contribution < -0.4 is 10.6 Å². The molecule has 1 aromatic rings. The molecule has 2 N–H and O–H groups in total. The molecule has 2 heterocycles. The van der Waals surface area contributed by atoms with E-state index in [1.165, 1.54) is 11.8 Å². The van der Waals surface area contributed by atoms with Crippen molar-refractivity contribution in [3.05, 3.63) is 29.8 Å². The van der Waals surface area contributed by atoms with Gasteiger partial charge in [0.1, 0.15) is 0 Å². The van der Waals surface area contributed by atoms with Gasteiger partial charge in [-0.15, -0.1) is 0 Å². The number of fused-ring (bicyclic) bond motifs is 1. The Kier molecular flexibility index (Phi) is 5.15. The maximum absolute atomic E-state index is 12.1. The molecule has 2 aliphatic heterocycles. The van der Waals surface area contributed by atoms with E-state index in [0.29, 0.717) is 12.1 Å². The molecule has 0 radical (unpaired) electrons. The van der Waals surface area contributed by atoms with Gasteiger partial charge in [0.25, 0.3) is 5.91 Å². The summed E-state index contributed by atoms with van der Waals surface area (Å²) >= 11 is 1.47. The maximum Gasteiger partial charge on any atom is 0.251 e. The topological polar surface area (TPSA) is 87.6 Å². The number of carbonyl (C=O) groups excluding carboxylic acids is 1. The number of sulfone groups is 1. The number of aliphatic imine (C=N–C) groups is 1. The Balaban J connectivity index is 1.63. The smallest absolute Gasteiger partial charge is 0.251 e. The second-order valence-electron chi connectivity index (χ2n) is 6.05. The number of thioether (sulfide) groups is 1. The van der Waals surface area contributed by atoms with Crippen LogP contribution in [0.25, 0.3) is 0 Å².